The first-order valence-electron chi connectivity index (χ1n) is 7.81. The molecule has 132 valence electrons. The second-order valence-electron chi connectivity index (χ2n) is 5.81. The Labute approximate surface area is 151 Å². The molecule has 0 radical (unpaired) electrons. The van der Waals surface area contributed by atoms with Crippen LogP contribution in [0, 0.1) is 5.82 Å². The molecule has 0 aliphatic rings. The lowest BCUT2D eigenvalue weighted by Crippen LogP contribution is -2.13. The van der Waals surface area contributed by atoms with Crippen molar-refractivity contribution in [3.8, 4) is 11.1 Å². The summed E-state index contributed by atoms with van der Waals surface area (Å²) in [6.45, 7) is 0. The van der Waals surface area contributed by atoms with Crippen LogP contribution in [0.15, 0.2) is 77.7 Å². The van der Waals surface area contributed by atoms with E-state index in [0.717, 1.165) is 35.6 Å². The van der Waals surface area contributed by atoms with Crippen LogP contribution in [0.25, 0.3) is 11.1 Å². The van der Waals surface area contributed by atoms with Crippen molar-refractivity contribution < 1.29 is 17.6 Å². The second kappa shape index (κ2) is 7.09. The molecule has 0 aliphatic carbocycles. The van der Waals surface area contributed by atoms with E-state index in [1.807, 2.05) is 30.3 Å². The third-order valence-corrected chi connectivity index (χ3v) is 4.98. The largest absolute Gasteiger partial charge is 0.319 e. The summed E-state index contributed by atoms with van der Waals surface area (Å²) in [5.74, 6) is -1.22. The fraction of sp³-hybridized carbons (Fsp3) is 0.0500. The molecule has 0 unspecified atom stereocenters. The summed E-state index contributed by atoms with van der Waals surface area (Å²) in [5, 5.41) is 2.42. The normalized spacial score (nSPS) is 11.2. The van der Waals surface area contributed by atoms with Crippen molar-refractivity contribution in [2.24, 2.45) is 0 Å². The molecular formula is C20H16FNO3S. The van der Waals surface area contributed by atoms with Gasteiger partial charge in [-0.05, 0) is 41.5 Å². The summed E-state index contributed by atoms with van der Waals surface area (Å²) in [7, 11) is -3.50. The van der Waals surface area contributed by atoms with Crippen LogP contribution in [0.4, 0.5) is 10.1 Å². The lowest BCUT2D eigenvalue weighted by molar-refractivity contribution is 0.102. The van der Waals surface area contributed by atoms with E-state index in [-0.39, 0.29) is 10.6 Å². The standard InChI is InChI=1S/C20H16FNO3S/c1-26(24,25)17-11-12-18(21)19(13-17)22-20(23)16-9-7-15(8-10-16)14-5-3-2-4-6-14/h2-13H,1H3,(H,22,23). The molecular weight excluding hydrogens is 353 g/mol. The zero-order valence-electron chi connectivity index (χ0n) is 13.9. The van der Waals surface area contributed by atoms with Crippen molar-refractivity contribution in [3.63, 3.8) is 0 Å². The van der Waals surface area contributed by atoms with Gasteiger partial charge in [0.15, 0.2) is 9.84 Å². The maximum atomic E-state index is 13.9. The topological polar surface area (TPSA) is 63.2 Å². The van der Waals surface area contributed by atoms with Gasteiger partial charge in [0.25, 0.3) is 5.91 Å². The predicted octanol–water partition coefficient (Wildman–Crippen LogP) is 4.15. The number of carbonyl (C=O) groups excluding carboxylic acids is 1. The average molecular weight is 369 g/mol. The van der Waals surface area contributed by atoms with Gasteiger partial charge in [-0.1, -0.05) is 42.5 Å². The third kappa shape index (κ3) is 3.97. The van der Waals surface area contributed by atoms with E-state index in [1.165, 1.54) is 0 Å². The lowest BCUT2D eigenvalue weighted by Gasteiger charge is -2.09. The SMILES string of the molecule is CS(=O)(=O)c1ccc(F)c(NC(=O)c2ccc(-c3ccccc3)cc2)c1. The Kier molecular flexibility index (Phi) is 4.86. The molecule has 0 fully saturated rings. The maximum absolute atomic E-state index is 13.9. The summed E-state index contributed by atoms with van der Waals surface area (Å²) >= 11 is 0. The molecule has 0 aromatic heterocycles. The van der Waals surface area contributed by atoms with Crippen molar-refractivity contribution in [1.82, 2.24) is 0 Å². The second-order valence-corrected chi connectivity index (χ2v) is 7.83. The molecule has 3 aromatic carbocycles. The van der Waals surface area contributed by atoms with E-state index in [2.05, 4.69) is 5.32 Å². The smallest absolute Gasteiger partial charge is 0.255 e. The molecule has 1 amide bonds. The Morgan fingerprint density at radius 2 is 1.50 bits per heavy atom. The Morgan fingerprint density at radius 3 is 2.12 bits per heavy atom. The number of benzene rings is 3. The van der Waals surface area contributed by atoms with Crippen LogP contribution >= 0.6 is 0 Å². The first-order valence-corrected chi connectivity index (χ1v) is 9.70. The maximum Gasteiger partial charge on any atom is 0.255 e. The number of hydrogen-bond donors (Lipinski definition) is 1. The number of halogens is 1. The zero-order valence-corrected chi connectivity index (χ0v) is 14.8. The van der Waals surface area contributed by atoms with Crippen LogP contribution < -0.4 is 5.32 Å². The number of hydrogen-bond acceptors (Lipinski definition) is 3. The van der Waals surface area contributed by atoms with Gasteiger partial charge in [-0.2, -0.15) is 0 Å². The molecule has 0 heterocycles. The van der Waals surface area contributed by atoms with Crippen LogP contribution in [-0.2, 0) is 9.84 Å². The molecule has 4 nitrogen and oxygen atoms in total. The van der Waals surface area contributed by atoms with Gasteiger partial charge in [0.1, 0.15) is 5.82 Å². The number of amides is 1. The zero-order chi connectivity index (χ0) is 18.7. The molecule has 1 N–H and O–H groups in total. The Balaban J connectivity index is 1.83. The van der Waals surface area contributed by atoms with Crippen molar-refractivity contribution in [2.75, 3.05) is 11.6 Å². The van der Waals surface area contributed by atoms with E-state index >= 15 is 0 Å². The molecule has 3 aromatic rings. The van der Waals surface area contributed by atoms with Gasteiger partial charge in [-0.3, -0.25) is 4.79 Å². The van der Waals surface area contributed by atoms with Gasteiger partial charge in [0.05, 0.1) is 10.6 Å². The van der Waals surface area contributed by atoms with Gasteiger partial charge in [-0.25, -0.2) is 12.8 Å². The number of rotatable bonds is 4. The molecule has 0 atom stereocenters. The number of carbonyl (C=O) groups is 1. The van der Waals surface area contributed by atoms with Gasteiger partial charge in [-0.15, -0.1) is 0 Å². The fourth-order valence-electron chi connectivity index (χ4n) is 2.47. The quantitative estimate of drug-likeness (QED) is 0.703. The van der Waals surface area contributed by atoms with Crippen LogP contribution in [0.2, 0.25) is 0 Å². The number of anilines is 1. The summed E-state index contributed by atoms with van der Waals surface area (Å²) in [6.07, 6.45) is 1.02. The van der Waals surface area contributed by atoms with Crippen molar-refractivity contribution in [3.05, 3.63) is 84.2 Å². The minimum Gasteiger partial charge on any atom is -0.319 e. The first kappa shape index (κ1) is 17.8. The van der Waals surface area contributed by atoms with E-state index in [9.17, 15) is 17.6 Å². The van der Waals surface area contributed by atoms with Crippen molar-refractivity contribution >= 4 is 21.4 Å². The summed E-state index contributed by atoms with van der Waals surface area (Å²) in [6, 6.07) is 19.8. The number of nitrogens with one attached hydrogen (secondary N) is 1. The van der Waals surface area contributed by atoms with E-state index in [1.54, 1.807) is 24.3 Å². The van der Waals surface area contributed by atoms with Gasteiger partial charge >= 0.3 is 0 Å². The first-order chi connectivity index (χ1) is 12.3. The lowest BCUT2D eigenvalue weighted by atomic mass is 10.0. The fourth-order valence-corrected chi connectivity index (χ4v) is 3.12. The Hall–Kier alpha value is -2.99. The van der Waals surface area contributed by atoms with E-state index < -0.39 is 21.6 Å². The predicted molar refractivity (Wildman–Crippen MR) is 99.3 cm³/mol. The minimum absolute atomic E-state index is 0.0615. The molecule has 0 spiro atoms. The minimum atomic E-state index is -3.50. The molecule has 0 bridgehead atoms. The highest BCUT2D eigenvalue weighted by Crippen LogP contribution is 2.22. The van der Waals surface area contributed by atoms with E-state index in [4.69, 9.17) is 0 Å². The number of sulfone groups is 1. The summed E-state index contributed by atoms with van der Waals surface area (Å²) in [5.41, 5.74) is 2.14. The van der Waals surface area contributed by atoms with Crippen molar-refractivity contribution in [2.45, 2.75) is 4.90 Å². The van der Waals surface area contributed by atoms with Gasteiger partial charge < -0.3 is 5.32 Å². The molecule has 26 heavy (non-hydrogen) atoms. The Bertz CT molecular complexity index is 1050. The highest BCUT2D eigenvalue weighted by Gasteiger charge is 2.14. The molecule has 3 rings (SSSR count). The van der Waals surface area contributed by atoms with E-state index in [0.29, 0.717) is 5.56 Å². The summed E-state index contributed by atoms with van der Waals surface area (Å²) in [4.78, 5) is 12.3. The Morgan fingerprint density at radius 1 is 0.885 bits per heavy atom. The van der Waals surface area contributed by atoms with Crippen LogP contribution in [-0.4, -0.2) is 20.6 Å². The van der Waals surface area contributed by atoms with Gasteiger partial charge in [0, 0.05) is 11.8 Å². The molecule has 0 saturated carbocycles. The highest BCUT2D eigenvalue weighted by atomic mass is 32.2. The monoisotopic (exact) mass is 369 g/mol. The van der Waals surface area contributed by atoms with Crippen LogP contribution in [0.1, 0.15) is 10.4 Å². The van der Waals surface area contributed by atoms with Crippen LogP contribution in [0.5, 0.6) is 0 Å². The average Bonchev–Trinajstić information content (AvgIpc) is 2.63. The molecule has 0 saturated heterocycles. The molecule has 0 aliphatic heterocycles. The van der Waals surface area contributed by atoms with Crippen molar-refractivity contribution in [1.29, 1.82) is 0 Å². The van der Waals surface area contributed by atoms with Crippen LogP contribution in [0.3, 0.4) is 0 Å². The highest BCUT2D eigenvalue weighted by molar-refractivity contribution is 7.90. The van der Waals surface area contributed by atoms with Gasteiger partial charge in [0.2, 0.25) is 0 Å². The third-order valence-electron chi connectivity index (χ3n) is 3.87. The molecule has 6 heteroatoms. The summed E-state index contributed by atoms with van der Waals surface area (Å²) < 4.78 is 37.1.